The average molecular weight is 348 g/mol. The minimum Gasteiger partial charge on any atom is -0.487 e. The van der Waals surface area contributed by atoms with Gasteiger partial charge in [0.05, 0.1) is 5.69 Å². The van der Waals surface area contributed by atoms with E-state index in [-0.39, 0.29) is 0 Å². The Balaban J connectivity index is 1.17. The number of ether oxygens (including phenoxy) is 1. The molecule has 1 N–H and O–H groups in total. The second kappa shape index (κ2) is 6.70. The van der Waals surface area contributed by atoms with Gasteiger partial charge in [0, 0.05) is 18.3 Å². The molecule has 6 rings (SSSR count). The molecule has 0 aliphatic heterocycles. The molecule has 0 amide bonds. The van der Waals surface area contributed by atoms with Crippen molar-refractivity contribution >= 4 is 0 Å². The maximum absolute atomic E-state index is 5.84. The smallest absolute Gasteiger partial charge is 0.130 e. The van der Waals surface area contributed by atoms with Gasteiger partial charge in [-0.1, -0.05) is 18.2 Å². The summed E-state index contributed by atoms with van der Waals surface area (Å²) < 4.78 is 5.84. The topological polar surface area (TPSA) is 34.1 Å². The van der Waals surface area contributed by atoms with Crippen LogP contribution in [0.5, 0.6) is 5.75 Å². The van der Waals surface area contributed by atoms with Crippen LogP contribution < -0.4 is 10.1 Å². The number of rotatable bonds is 6. The zero-order chi connectivity index (χ0) is 17.4. The first-order chi connectivity index (χ1) is 12.8. The number of pyridine rings is 1. The van der Waals surface area contributed by atoms with E-state index < -0.39 is 0 Å². The van der Waals surface area contributed by atoms with Crippen molar-refractivity contribution < 1.29 is 4.74 Å². The minimum atomic E-state index is 0.433. The Morgan fingerprint density at radius 1 is 0.923 bits per heavy atom. The number of hydrogen-bond acceptors (Lipinski definition) is 3. The summed E-state index contributed by atoms with van der Waals surface area (Å²) >= 11 is 0. The van der Waals surface area contributed by atoms with Crippen LogP contribution in [0.1, 0.15) is 49.8 Å². The Hall–Kier alpha value is -1.87. The molecule has 26 heavy (non-hydrogen) atoms. The van der Waals surface area contributed by atoms with E-state index >= 15 is 0 Å². The van der Waals surface area contributed by atoms with Gasteiger partial charge in [0.1, 0.15) is 12.4 Å². The Kier molecular flexibility index (Phi) is 4.20. The van der Waals surface area contributed by atoms with Crippen LogP contribution in [0.25, 0.3) is 0 Å². The molecule has 136 valence electrons. The summed E-state index contributed by atoms with van der Waals surface area (Å²) in [5.41, 5.74) is 2.74. The number of nitrogens with one attached hydrogen (secondary N) is 1. The number of benzene rings is 1. The fourth-order valence-corrected chi connectivity index (χ4v) is 5.96. The lowest BCUT2D eigenvalue weighted by molar-refractivity contribution is -0.0206. The molecule has 3 nitrogen and oxygen atoms in total. The Bertz CT molecular complexity index is 705. The van der Waals surface area contributed by atoms with Crippen LogP contribution >= 0.6 is 0 Å². The molecule has 2 aromatic rings. The van der Waals surface area contributed by atoms with Crippen molar-refractivity contribution in [2.24, 2.45) is 17.8 Å². The van der Waals surface area contributed by atoms with E-state index in [0.717, 1.165) is 35.7 Å². The van der Waals surface area contributed by atoms with Crippen LogP contribution in [0.4, 0.5) is 0 Å². The Morgan fingerprint density at radius 2 is 1.62 bits per heavy atom. The first-order valence-corrected chi connectivity index (χ1v) is 10.1. The van der Waals surface area contributed by atoms with Crippen LogP contribution in [-0.4, -0.2) is 10.5 Å². The minimum absolute atomic E-state index is 0.433. The van der Waals surface area contributed by atoms with Gasteiger partial charge in [0.25, 0.3) is 0 Å². The van der Waals surface area contributed by atoms with Gasteiger partial charge in [0.15, 0.2) is 0 Å². The molecule has 4 fully saturated rings. The summed E-state index contributed by atoms with van der Waals surface area (Å²) in [5.74, 6) is 3.90. The lowest BCUT2D eigenvalue weighted by Crippen LogP contribution is -2.58. The highest BCUT2D eigenvalue weighted by atomic mass is 16.5. The van der Waals surface area contributed by atoms with Gasteiger partial charge in [-0.3, -0.25) is 4.98 Å². The summed E-state index contributed by atoms with van der Waals surface area (Å²) in [4.78, 5) is 4.30. The number of nitrogens with zero attached hydrogens (tertiary/aromatic N) is 1. The molecule has 0 spiro atoms. The van der Waals surface area contributed by atoms with E-state index in [2.05, 4.69) is 34.6 Å². The zero-order valence-corrected chi connectivity index (χ0v) is 15.4. The van der Waals surface area contributed by atoms with Gasteiger partial charge >= 0.3 is 0 Å². The average Bonchev–Trinajstić information content (AvgIpc) is 2.65. The maximum Gasteiger partial charge on any atom is 0.130 e. The van der Waals surface area contributed by atoms with Crippen molar-refractivity contribution in [2.45, 2.75) is 57.2 Å². The van der Waals surface area contributed by atoms with Gasteiger partial charge < -0.3 is 10.1 Å². The van der Waals surface area contributed by atoms with Crippen LogP contribution in [0, 0.1) is 17.8 Å². The van der Waals surface area contributed by atoms with E-state index in [1.807, 2.05) is 18.2 Å². The highest BCUT2D eigenvalue weighted by Gasteiger charge is 2.50. The third-order valence-electron chi connectivity index (χ3n) is 6.74. The van der Waals surface area contributed by atoms with Crippen LogP contribution in [0.3, 0.4) is 0 Å². The van der Waals surface area contributed by atoms with Gasteiger partial charge in [-0.25, -0.2) is 0 Å². The molecule has 4 aliphatic rings. The second-order valence-electron chi connectivity index (χ2n) is 8.81. The van der Waals surface area contributed by atoms with Crippen molar-refractivity contribution in [1.82, 2.24) is 10.3 Å². The fraction of sp³-hybridized carbons (Fsp3) is 0.522. The first-order valence-electron chi connectivity index (χ1n) is 10.1. The van der Waals surface area contributed by atoms with E-state index in [4.69, 9.17) is 4.74 Å². The molecule has 0 radical (unpaired) electrons. The second-order valence-corrected chi connectivity index (χ2v) is 8.81. The van der Waals surface area contributed by atoms with Crippen LogP contribution in [0.2, 0.25) is 0 Å². The summed E-state index contributed by atoms with van der Waals surface area (Å²) in [5, 5.41) is 3.97. The van der Waals surface area contributed by atoms with Crippen molar-refractivity contribution in [1.29, 1.82) is 0 Å². The SMILES string of the molecule is c1ccc(COc2ccc(CNC34CC5CC(CC(C5)C3)C4)cc2)nc1. The summed E-state index contributed by atoms with van der Waals surface area (Å²) in [7, 11) is 0. The fourth-order valence-electron chi connectivity index (χ4n) is 5.96. The van der Waals surface area contributed by atoms with Gasteiger partial charge in [0.2, 0.25) is 0 Å². The molecular weight excluding hydrogens is 320 g/mol. The zero-order valence-electron chi connectivity index (χ0n) is 15.4. The molecule has 1 aromatic heterocycles. The molecule has 0 saturated heterocycles. The first kappa shape index (κ1) is 16.3. The number of aromatic nitrogens is 1. The molecule has 4 saturated carbocycles. The summed E-state index contributed by atoms with van der Waals surface area (Å²) in [6.07, 6.45) is 10.5. The van der Waals surface area contributed by atoms with Gasteiger partial charge in [-0.2, -0.15) is 0 Å². The molecule has 4 bridgehead atoms. The highest BCUT2D eigenvalue weighted by molar-refractivity contribution is 5.27. The maximum atomic E-state index is 5.84. The normalized spacial score (nSPS) is 31.9. The van der Waals surface area contributed by atoms with E-state index in [1.165, 1.54) is 44.1 Å². The lowest BCUT2D eigenvalue weighted by Gasteiger charge is -2.57. The molecule has 3 heteroatoms. The molecular formula is C23H28N2O. The van der Waals surface area contributed by atoms with Crippen molar-refractivity contribution in [2.75, 3.05) is 0 Å². The van der Waals surface area contributed by atoms with Crippen molar-refractivity contribution in [3.63, 3.8) is 0 Å². The van der Waals surface area contributed by atoms with Crippen molar-refractivity contribution in [3.05, 3.63) is 59.9 Å². The molecule has 0 unspecified atom stereocenters. The van der Waals surface area contributed by atoms with E-state index in [9.17, 15) is 0 Å². The Labute approximate surface area is 156 Å². The van der Waals surface area contributed by atoms with Gasteiger partial charge in [-0.15, -0.1) is 0 Å². The van der Waals surface area contributed by atoms with Gasteiger partial charge in [-0.05, 0) is 86.1 Å². The molecule has 0 atom stereocenters. The summed E-state index contributed by atoms with van der Waals surface area (Å²) in [6.45, 7) is 1.50. The quantitative estimate of drug-likeness (QED) is 0.820. The third kappa shape index (κ3) is 3.37. The molecule has 4 aliphatic carbocycles. The van der Waals surface area contributed by atoms with Crippen molar-refractivity contribution in [3.8, 4) is 5.75 Å². The predicted octanol–water partition coefficient (Wildman–Crippen LogP) is 4.72. The largest absolute Gasteiger partial charge is 0.487 e. The monoisotopic (exact) mass is 348 g/mol. The third-order valence-corrected chi connectivity index (χ3v) is 6.74. The summed E-state index contributed by atoms with van der Waals surface area (Å²) in [6, 6.07) is 14.5. The van der Waals surface area contributed by atoms with E-state index in [1.54, 1.807) is 6.20 Å². The molecule has 1 aromatic carbocycles. The molecule has 1 heterocycles. The van der Waals surface area contributed by atoms with Crippen LogP contribution in [0.15, 0.2) is 48.7 Å². The standard InChI is InChI=1S/C23H28N2O/c1-2-8-24-21(3-1)16-26-22-6-4-17(5-7-22)15-25-23-12-18-9-19(13-23)11-20(10-18)14-23/h1-8,18-20,25H,9-16H2. The highest BCUT2D eigenvalue weighted by Crippen LogP contribution is 2.55. The Morgan fingerprint density at radius 3 is 2.23 bits per heavy atom. The predicted molar refractivity (Wildman–Crippen MR) is 103 cm³/mol. The van der Waals surface area contributed by atoms with Crippen LogP contribution in [-0.2, 0) is 13.2 Å². The lowest BCUT2D eigenvalue weighted by atomic mass is 9.53. The number of hydrogen-bond donors (Lipinski definition) is 1. The van der Waals surface area contributed by atoms with E-state index in [0.29, 0.717) is 12.1 Å².